The monoisotopic (exact) mass is 348 g/mol. The van der Waals surface area contributed by atoms with Gasteiger partial charge in [0.25, 0.3) is 5.91 Å². The number of rotatable bonds is 8. The van der Waals surface area contributed by atoms with Crippen LogP contribution in [0, 0.1) is 5.92 Å². The number of β-amino-alcohol motifs (C(OH)–C–C–N with tert-alkyl or cyclic N) is 1. The molecule has 1 amide bonds. The van der Waals surface area contributed by atoms with Crippen LogP contribution in [0.5, 0.6) is 0 Å². The number of hydrogen-bond acceptors (Lipinski definition) is 4. The molecule has 1 unspecified atom stereocenters. The summed E-state index contributed by atoms with van der Waals surface area (Å²) < 4.78 is 1.98. The molecule has 25 heavy (non-hydrogen) atoms. The Morgan fingerprint density at radius 2 is 2.08 bits per heavy atom. The number of aromatic nitrogens is 2. The maximum absolute atomic E-state index is 12.6. The van der Waals surface area contributed by atoms with Crippen molar-refractivity contribution in [2.45, 2.75) is 64.5 Å². The minimum atomic E-state index is -0.521. The van der Waals surface area contributed by atoms with E-state index in [0.29, 0.717) is 24.6 Å². The molecule has 0 spiro atoms. The highest BCUT2D eigenvalue weighted by molar-refractivity contribution is 5.95. The van der Waals surface area contributed by atoms with E-state index in [1.165, 1.54) is 12.8 Å². The first-order valence-corrected chi connectivity index (χ1v) is 9.82. The topological polar surface area (TPSA) is 70.4 Å². The first-order valence-electron chi connectivity index (χ1n) is 9.82. The van der Waals surface area contributed by atoms with Gasteiger partial charge in [0.1, 0.15) is 0 Å². The molecule has 140 valence electrons. The Kier molecular flexibility index (Phi) is 6.12. The fraction of sp³-hybridized carbons (Fsp3) is 0.789. The fourth-order valence-electron chi connectivity index (χ4n) is 3.66. The molecule has 1 aromatic rings. The smallest absolute Gasteiger partial charge is 0.254 e. The van der Waals surface area contributed by atoms with Crippen LogP contribution in [0.4, 0.5) is 0 Å². The van der Waals surface area contributed by atoms with Gasteiger partial charge in [0.2, 0.25) is 0 Å². The van der Waals surface area contributed by atoms with E-state index in [9.17, 15) is 9.90 Å². The van der Waals surface area contributed by atoms with Gasteiger partial charge in [-0.05, 0) is 51.1 Å². The zero-order valence-electron chi connectivity index (χ0n) is 15.6. The van der Waals surface area contributed by atoms with Gasteiger partial charge in [0.15, 0.2) is 0 Å². The molecular weight excluding hydrogens is 316 g/mol. The van der Waals surface area contributed by atoms with E-state index < -0.39 is 6.10 Å². The summed E-state index contributed by atoms with van der Waals surface area (Å²) in [6.45, 7) is 8.28. The zero-order valence-corrected chi connectivity index (χ0v) is 15.6. The molecule has 1 aliphatic heterocycles. The van der Waals surface area contributed by atoms with Crippen molar-refractivity contribution >= 4 is 5.91 Å². The van der Waals surface area contributed by atoms with Crippen LogP contribution < -0.4 is 5.32 Å². The Morgan fingerprint density at radius 3 is 2.72 bits per heavy atom. The number of aryl methyl sites for hydroxylation is 1. The number of hydrogen-bond donors (Lipinski definition) is 2. The van der Waals surface area contributed by atoms with Crippen molar-refractivity contribution < 1.29 is 9.90 Å². The van der Waals surface area contributed by atoms with E-state index in [1.54, 1.807) is 6.20 Å². The van der Waals surface area contributed by atoms with Crippen molar-refractivity contribution in [2.75, 3.05) is 26.2 Å². The first-order chi connectivity index (χ1) is 12.1. The van der Waals surface area contributed by atoms with Gasteiger partial charge in [-0.15, -0.1) is 0 Å². The molecule has 2 heterocycles. The van der Waals surface area contributed by atoms with Crippen molar-refractivity contribution in [3.63, 3.8) is 0 Å². The van der Waals surface area contributed by atoms with Crippen LogP contribution in [0.1, 0.15) is 67.9 Å². The molecule has 0 aromatic carbocycles. The lowest BCUT2D eigenvalue weighted by atomic mass is 9.99. The van der Waals surface area contributed by atoms with Crippen LogP contribution in [0.3, 0.4) is 0 Å². The van der Waals surface area contributed by atoms with Gasteiger partial charge in [0, 0.05) is 25.6 Å². The van der Waals surface area contributed by atoms with Gasteiger partial charge < -0.3 is 15.3 Å². The summed E-state index contributed by atoms with van der Waals surface area (Å²) in [5, 5.41) is 17.6. The third-order valence-corrected chi connectivity index (χ3v) is 5.37. The molecule has 6 nitrogen and oxygen atoms in total. The second-order valence-electron chi connectivity index (χ2n) is 7.79. The molecule has 2 fully saturated rings. The SMILES string of the molecule is CCCn1ncc(C(=O)NCC(O)CN2CCC(C)CC2)c1C1CC1. The predicted molar refractivity (Wildman–Crippen MR) is 97.7 cm³/mol. The number of carbonyl (C=O) groups excluding carboxylic acids is 1. The van der Waals surface area contributed by atoms with Gasteiger partial charge in [-0.2, -0.15) is 5.10 Å². The Labute approximate surface area is 150 Å². The van der Waals surface area contributed by atoms with Crippen LogP contribution >= 0.6 is 0 Å². The molecule has 1 aromatic heterocycles. The maximum Gasteiger partial charge on any atom is 0.254 e. The van der Waals surface area contributed by atoms with Gasteiger partial charge in [-0.1, -0.05) is 13.8 Å². The standard InChI is InChI=1S/C19H32N4O2/c1-3-8-23-18(15-4-5-15)17(12-21-23)19(25)20-11-16(24)13-22-9-6-14(2)7-10-22/h12,14-16,24H,3-11,13H2,1-2H3,(H,20,25). The molecule has 1 aliphatic carbocycles. The van der Waals surface area contributed by atoms with Crippen LogP contribution in [0.2, 0.25) is 0 Å². The van der Waals surface area contributed by atoms with Gasteiger partial charge in [-0.25, -0.2) is 0 Å². The molecule has 1 atom stereocenters. The Bertz CT molecular complexity index is 574. The quantitative estimate of drug-likeness (QED) is 0.754. The number of likely N-dealkylation sites (tertiary alicyclic amines) is 1. The third kappa shape index (κ3) is 4.82. The zero-order chi connectivity index (χ0) is 17.8. The van der Waals surface area contributed by atoms with Crippen molar-refractivity contribution in [1.82, 2.24) is 20.0 Å². The molecule has 1 saturated carbocycles. The number of piperidine rings is 1. The minimum absolute atomic E-state index is 0.101. The van der Waals surface area contributed by atoms with Gasteiger partial charge in [0.05, 0.1) is 23.6 Å². The van der Waals surface area contributed by atoms with Gasteiger partial charge in [-0.3, -0.25) is 9.48 Å². The largest absolute Gasteiger partial charge is 0.390 e. The predicted octanol–water partition coefficient (Wildman–Crippen LogP) is 1.99. The number of nitrogens with zero attached hydrogens (tertiary/aromatic N) is 3. The highest BCUT2D eigenvalue weighted by atomic mass is 16.3. The van der Waals surface area contributed by atoms with Crippen LogP contribution in [-0.2, 0) is 6.54 Å². The normalized spacial score (nSPS) is 20.6. The van der Waals surface area contributed by atoms with Crippen molar-refractivity contribution in [3.8, 4) is 0 Å². The first kappa shape index (κ1) is 18.4. The lowest BCUT2D eigenvalue weighted by Crippen LogP contribution is -2.43. The van der Waals surface area contributed by atoms with Gasteiger partial charge >= 0.3 is 0 Å². The summed E-state index contributed by atoms with van der Waals surface area (Å²) in [4.78, 5) is 14.9. The molecule has 2 aliphatic rings. The van der Waals surface area contributed by atoms with Crippen LogP contribution in [0.15, 0.2) is 6.20 Å². The van der Waals surface area contributed by atoms with Crippen LogP contribution in [-0.4, -0.2) is 58.0 Å². The maximum atomic E-state index is 12.6. The summed E-state index contributed by atoms with van der Waals surface area (Å²) in [7, 11) is 0. The summed E-state index contributed by atoms with van der Waals surface area (Å²) in [5.41, 5.74) is 1.77. The van der Waals surface area contributed by atoms with Crippen LogP contribution in [0.25, 0.3) is 0 Å². The molecule has 0 radical (unpaired) electrons. The minimum Gasteiger partial charge on any atom is -0.390 e. The summed E-state index contributed by atoms with van der Waals surface area (Å²) in [6, 6.07) is 0. The highest BCUT2D eigenvalue weighted by Crippen LogP contribution is 2.41. The number of nitrogens with one attached hydrogen (secondary N) is 1. The van der Waals surface area contributed by atoms with E-state index in [4.69, 9.17) is 0 Å². The molecule has 6 heteroatoms. The van der Waals surface area contributed by atoms with Crippen molar-refractivity contribution in [2.24, 2.45) is 5.92 Å². The van der Waals surface area contributed by atoms with E-state index in [2.05, 4.69) is 29.2 Å². The second kappa shape index (κ2) is 8.32. The average molecular weight is 348 g/mol. The Balaban J connectivity index is 1.50. The highest BCUT2D eigenvalue weighted by Gasteiger charge is 2.32. The number of aliphatic hydroxyl groups is 1. The lowest BCUT2D eigenvalue weighted by molar-refractivity contribution is 0.0795. The lowest BCUT2D eigenvalue weighted by Gasteiger charge is -2.31. The molecule has 2 N–H and O–H groups in total. The summed E-state index contributed by atoms with van der Waals surface area (Å²) >= 11 is 0. The Morgan fingerprint density at radius 1 is 1.36 bits per heavy atom. The second-order valence-corrected chi connectivity index (χ2v) is 7.79. The molecular formula is C19H32N4O2. The molecule has 3 rings (SSSR count). The van der Waals surface area contributed by atoms with Crippen molar-refractivity contribution in [3.05, 3.63) is 17.5 Å². The number of carbonyl (C=O) groups is 1. The Hall–Kier alpha value is -1.40. The van der Waals surface area contributed by atoms with Crippen molar-refractivity contribution in [1.29, 1.82) is 0 Å². The fourth-order valence-corrected chi connectivity index (χ4v) is 3.66. The van der Waals surface area contributed by atoms with E-state index in [-0.39, 0.29) is 5.91 Å². The summed E-state index contributed by atoms with van der Waals surface area (Å²) in [6.07, 6.45) is 6.86. The molecule has 1 saturated heterocycles. The number of amides is 1. The number of aliphatic hydroxyl groups excluding tert-OH is 1. The molecule has 0 bridgehead atoms. The third-order valence-electron chi connectivity index (χ3n) is 5.37. The van der Waals surface area contributed by atoms with E-state index in [0.717, 1.165) is 50.5 Å². The van der Waals surface area contributed by atoms with E-state index >= 15 is 0 Å². The average Bonchev–Trinajstić information content (AvgIpc) is 3.35. The van der Waals surface area contributed by atoms with E-state index in [1.807, 2.05) is 4.68 Å². The summed E-state index contributed by atoms with van der Waals surface area (Å²) in [5.74, 6) is 1.17.